The maximum absolute atomic E-state index is 12.4. The Morgan fingerprint density at radius 2 is 2.00 bits per heavy atom. The fourth-order valence-corrected chi connectivity index (χ4v) is 4.64. The van der Waals surface area contributed by atoms with Crippen molar-refractivity contribution >= 4 is 34.6 Å². The third-order valence-corrected chi connectivity index (χ3v) is 6.41. The molecule has 0 spiro atoms. The van der Waals surface area contributed by atoms with Crippen LogP contribution in [0.2, 0.25) is 0 Å². The maximum Gasteiger partial charge on any atom is 0.358 e. The lowest BCUT2D eigenvalue weighted by Gasteiger charge is -2.26. The Balaban J connectivity index is 1.34. The number of fused-ring (bicyclic) bond motifs is 1. The summed E-state index contributed by atoms with van der Waals surface area (Å²) in [5.41, 5.74) is 3.55. The Kier molecular flexibility index (Phi) is 5.05. The van der Waals surface area contributed by atoms with E-state index in [4.69, 9.17) is 4.74 Å². The summed E-state index contributed by atoms with van der Waals surface area (Å²) in [5.74, 6) is -0.736. The van der Waals surface area contributed by atoms with Crippen LogP contribution in [-0.2, 0) is 22.5 Å². The lowest BCUT2D eigenvalue weighted by atomic mass is 10.1. The summed E-state index contributed by atoms with van der Waals surface area (Å²) >= 11 is 3.11. The van der Waals surface area contributed by atoms with Gasteiger partial charge in [0.2, 0.25) is 0 Å². The molecule has 0 fully saturated rings. The van der Waals surface area contributed by atoms with Crippen molar-refractivity contribution in [1.82, 2.24) is 9.88 Å². The highest BCUT2D eigenvalue weighted by atomic mass is 32.1. The monoisotopic (exact) mass is 398 g/mol. The van der Waals surface area contributed by atoms with Gasteiger partial charge in [-0.25, -0.2) is 9.78 Å². The van der Waals surface area contributed by atoms with Gasteiger partial charge in [0, 0.05) is 28.9 Å². The predicted octanol–water partition coefficient (Wildman–Crippen LogP) is 3.92. The molecule has 5 nitrogen and oxygen atoms in total. The minimum absolute atomic E-state index is 0.172. The highest BCUT2D eigenvalue weighted by Crippen LogP contribution is 2.25. The summed E-state index contributed by atoms with van der Waals surface area (Å²) in [6.45, 7) is 3.02. The molecule has 0 aliphatic carbocycles. The largest absolute Gasteiger partial charge is 0.451 e. The molecule has 138 valence electrons. The van der Waals surface area contributed by atoms with Crippen molar-refractivity contribution in [2.45, 2.75) is 19.9 Å². The lowest BCUT2D eigenvalue weighted by Crippen LogP contribution is -2.38. The van der Waals surface area contributed by atoms with Crippen LogP contribution in [0, 0.1) is 6.92 Å². The Bertz CT molecular complexity index is 975. The smallest absolute Gasteiger partial charge is 0.358 e. The number of nitrogens with zero attached hydrogens (tertiary/aromatic N) is 2. The van der Waals surface area contributed by atoms with Crippen LogP contribution in [0.4, 0.5) is 0 Å². The molecule has 0 saturated carbocycles. The number of rotatable bonds is 4. The van der Waals surface area contributed by atoms with E-state index < -0.39 is 5.97 Å². The molecule has 1 aliphatic rings. The molecule has 27 heavy (non-hydrogen) atoms. The van der Waals surface area contributed by atoms with Gasteiger partial charge in [-0.15, -0.1) is 22.7 Å². The topological polar surface area (TPSA) is 59.5 Å². The third-order valence-electron chi connectivity index (χ3n) is 4.50. The summed E-state index contributed by atoms with van der Waals surface area (Å²) < 4.78 is 5.20. The van der Waals surface area contributed by atoms with Crippen LogP contribution in [0.1, 0.15) is 26.5 Å². The van der Waals surface area contributed by atoms with E-state index in [-0.39, 0.29) is 18.2 Å². The zero-order valence-corrected chi connectivity index (χ0v) is 16.4. The van der Waals surface area contributed by atoms with Gasteiger partial charge in [-0.05, 0) is 30.4 Å². The summed E-state index contributed by atoms with van der Waals surface area (Å²) in [4.78, 5) is 32.0. The van der Waals surface area contributed by atoms with E-state index in [9.17, 15) is 9.59 Å². The molecule has 2 aromatic heterocycles. The summed E-state index contributed by atoms with van der Waals surface area (Å²) in [5, 5.41) is 4.47. The summed E-state index contributed by atoms with van der Waals surface area (Å²) in [6.07, 6.45) is 0.860. The number of esters is 1. The first-order valence-corrected chi connectivity index (χ1v) is 10.4. The van der Waals surface area contributed by atoms with E-state index in [1.807, 2.05) is 42.6 Å². The van der Waals surface area contributed by atoms with Crippen LogP contribution in [0.5, 0.6) is 0 Å². The molecule has 3 aromatic rings. The second-order valence-corrected chi connectivity index (χ2v) is 8.27. The summed E-state index contributed by atoms with van der Waals surface area (Å²) in [6, 6.07) is 10.0. The molecule has 7 heteroatoms. The van der Waals surface area contributed by atoms with Gasteiger partial charge in [-0.1, -0.05) is 29.8 Å². The average Bonchev–Trinajstić information content (AvgIpc) is 3.35. The standard InChI is InChI=1S/C20H18N2O3S2/c1-13-2-4-14(5-3-13)19-21-16(12-27-19)20(24)25-11-18(23)22-8-6-17-15(10-22)7-9-26-17/h2-5,7,9,12H,6,8,10-11H2,1H3. The molecule has 1 aliphatic heterocycles. The van der Waals surface area contributed by atoms with Crippen LogP contribution >= 0.6 is 22.7 Å². The summed E-state index contributed by atoms with van der Waals surface area (Å²) in [7, 11) is 0. The number of benzene rings is 1. The van der Waals surface area contributed by atoms with Crippen LogP contribution in [0.25, 0.3) is 10.6 Å². The number of amides is 1. The number of thiophene rings is 1. The zero-order chi connectivity index (χ0) is 18.8. The van der Waals surface area contributed by atoms with E-state index in [0.29, 0.717) is 13.1 Å². The van der Waals surface area contributed by atoms with Crippen molar-refractivity contribution < 1.29 is 14.3 Å². The van der Waals surface area contributed by atoms with Gasteiger partial charge in [-0.2, -0.15) is 0 Å². The maximum atomic E-state index is 12.4. The first kappa shape index (κ1) is 17.9. The van der Waals surface area contributed by atoms with Crippen molar-refractivity contribution in [3.8, 4) is 10.6 Å². The quantitative estimate of drug-likeness (QED) is 0.625. The normalized spacial score (nSPS) is 13.3. The molecule has 0 saturated heterocycles. The van der Waals surface area contributed by atoms with E-state index in [1.54, 1.807) is 21.6 Å². The van der Waals surface area contributed by atoms with Crippen molar-refractivity contribution in [2.24, 2.45) is 0 Å². The molecule has 0 N–H and O–H groups in total. The molecule has 1 aromatic carbocycles. The Hall–Kier alpha value is -2.51. The second kappa shape index (κ2) is 7.62. The van der Waals surface area contributed by atoms with Gasteiger partial charge < -0.3 is 9.64 Å². The fourth-order valence-electron chi connectivity index (χ4n) is 2.95. The number of aromatic nitrogens is 1. The number of thiazole rings is 1. The van der Waals surface area contributed by atoms with E-state index in [1.165, 1.54) is 27.3 Å². The minimum atomic E-state index is -0.564. The van der Waals surface area contributed by atoms with E-state index in [2.05, 4.69) is 4.98 Å². The van der Waals surface area contributed by atoms with Crippen LogP contribution in [0.15, 0.2) is 41.1 Å². The van der Waals surface area contributed by atoms with Crippen molar-refractivity contribution in [2.75, 3.05) is 13.2 Å². The molecule has 4 rings (SSSR count). The van der Waals surface area contributed by atoms with Crippen LogP contribution < -0.4 is 0 Å². The SMILES string of the molecule is Cc1ccc(-c2nc(C(=O)OCC(=O)N3CCc4sccc4C3)cs2)cc1. The van der Waals surface area contributed by atoms with Crippen LogP contribution in [-0.4, -0.2) is 34.9 Å². The molecule has 0 bridgehead atoms. The van der Waals surface area contributed by atoms with Crippen LogP contribution in [0.3, 0.4) is 0 Å². The molecular weight excluding hydrogens is 380 g/mol. The molecule has 0 atom stereocenters. The van der Waals surface area contributed by atoms with Crippen molar-refractivity contribution in [3.63, 3.8) is 0 Å². The van der Waals surface area contributed by atoms with Gasteiger partial charge >= 0.3 is 5.97 Å². The van der Waals surface area contributed by atoms with Gasteiger partial charge in [-0.3, -0.25) is 4.79 Å². The minimum Gasteiger partial charge on any atom is -0.451 e. The third kappa shape index (κ3) is 3.94. The van der Waals surface area contributed by atoms with E-state index >= 15 is 0 Å². The van der Waals surface area contributed by atoms with Gasteiger partial charge in [0.25, 0.3) is 5.91 Å². The number of ether oxygens (including phenoxy) is 1. The number of hydrogen-bond donors (Lipinski definition) is 0. The zero-order valence-electron chi connectivity index (χ0n) is 14.8. The molecule has 0 unspecified atom stereocenters. The van der Waals surface area contributed by atoms with Crippen molar-refractivity contribution in [3.05, 3.63) is 62.8 Å². The molecule has 1 amide bonds. The average molecular weight is 399 g/mol. The fraction of sp³-hybridized carbons (Fsp3) is 0.250. The first-order chi connectivity index (χ1) is 13.1. The molecular formula is C20H18N2O3S2. The number of aryl methyl sites for hydroxylation is 1. The second-order valence-electron chi connectivity index (χ2n) is 6.41. The van der Waals surface area contributed by atoms with Crippen molar-refractivity contribution in [1.29, 1.82) is 0 Å². The number of hydrogen-bond acceptors (Lipinski definition) is 6. The number of carbonyl (C=O) groups is 2. The van der Waals surface area contributed by atoms with Gasteiger partial charge in [0.1, 0.15) is 5.01 Å². The lowest BCUT2D eigenvalue weighted by molar-refractivity contribution is -0.135. The Labute approximate surface area is 165 Å². The highest BCUT2D eigenvalue weighted by Gasteiger charge is 2.23. The Morgan fingerprint density at radius 3 is 2.81 bits per heavy atom. The molecule has 0 radical (unpaired) electrons. The van der Waals surface area contributed by atoms with E-state index in [0.717, 1.165) is 17.0 Å². The Morgan fingerprint density at radius 1 is 1.19 bits per heavy atom. The van der Waals surface area contributed by atoms with Gasteiger partial charge in [0.15, 0.2) is 12.3 Å². The number of carbonyl (C=O) groups excluding carboxylic acids is 2. The first-order valence-electron chi connectivity index (χ1n) is 8.63. The predicted molar refractivity (Wildman–Crippen MR) is 106 cm³/mol. The molecule has 3 heterocycles. The van der Waals surface area contributed by atoms with Gasteiger partial charge in [0.05, 0.1) is 0 Å². The highest BCUT2D eigenvalue weighted by molar-refractivity contribution is 7.13.